The van der Waals surface area contributed by atoms with Crippen molar-refractivity contribution in [3.05, 3.63) is 298 Å². The minimum absolute atomic E-state index is 0.0157. The van der Waals surface area contributed by atoms with Crippen molar-refractivity contribution in [1.82, 2.24) is 0 Å². The Labute approximate surface area is 736 Å². The number of carbonyl (C=O) groups excluding carboxylic acids is 2. The number of carboxylic acids is 2. The van der Waals surface area contributed by atoms with Crippen LogP contribution in [0, 0.1) is 33.7 Å². The van der Waals surface area contributed by atoms with Crippen LogP contribution >= 0.6 is 15.9 Å². The quantitative estimate of drug-likeness (QED) is 0.0265. The van der Waals surface area contributed by atoms with Gasteiger partial charge in [0.25, 0.3) is 0 Å². The number of halogens is 4. The van der Waals surface area contributed by atoms with Crippen molar-refractivity contribution < 1.29 is 85.9 Å². The van der Waals surface area contributed by atoms with Crippen LogP contribution in [0.25, 0.3) is 50.1 Å². The normalized spacial score (nSPS) is 14.8. The summed E-state index contributed by atoms with van der Waals surface area (Å²) in [5, 5.41) is 37.5. The molecule has 0 heterocycles. The van der Waals surface area contributed by atoms with E-state index in [0.29, 0.717) is 71.5 Å². The Bertz CT molecular complexity index is 5200. The van der Waals surface area contributed by atoms with E-state index in [1.165, 1.54) is 54.7 Å². The first-order chi connectivity index (χ1) is 59.1. The highest BCUT2D eigenvalue weighted by Crippen LogP contribution is 2.51. The maximum absolute atomic E-state index is 15.0. The van der Waals surface area contributed by atoms with Gasteiger partial charge in [0.1, 0.15) is 70.9 Å². The van der Waals surface area contributed by atoms with Crippen molar-refractivity contribution in [1.29, 1.82) is 0 Å². The molecule has 0 spiro atoms. The molecule has 3 aliphatic carbocycles. The molecule has 654 valence electrons. The molecule has 0 saturated carbocycles. The molecular weight excluding hydrogens is 1640 g/mol. The van der Waals surface area contributed by atoms with Crippen LogP contribution in [0.3, 0.4) is 0 Å². The summed E-state index contributed by atoms with van der Waals surface area (Å²) in [6, 6.07) is 61.9. The van der Waals surface area contributed by atoms with E-state index < -0.39 is 11.9 Å². The van der Waals surface area contributed by atoms with Gasteiger partial charge in [0, 0.05) is 22.0 Å². The minimum atomic E-state index is -0.821. The van der Waals surface area contributed by atoms with Gasteiger partial charge < -0.3 is 53.6 Å². The molecule has 19 heteroatoms. The first kappa shape index (κ1) is 96.0. The van der Waals surface area contributed by atoms with Gasteiger partial charge in [0.15, 0.2) is 0 Å². The number of hydrogen-bond acceptors (Lipinski definition) is 13. The second-order valence-electron chi connectivity index (χ2n) is 33.7. The van der Waals surface area contributed by atoms with Crippen LogP contribution in [0.5, 0.6) is 40.2 Å². The number of carbonyl (C=O) groups is 4. The summed E-state index contributed by atoms with van der Waals surface area (Å²) >= 11 is 3.53. The number of allylic oxidation sites excluding steroid dienone is 6. The SMILES string of the molecule is COC(=O)C[C@@H](C)c1cccc(O)c1.COC(=O)C[C@H](C)c1cccc(O)c1.COc1ccc(F)c(-c2ccc(CBr)cc2C2=CCCC2(C)C)c1.COc1ccc(F)c(-c2ccc(COc3cccc([C@@H](C)CC(=O)O)c3)cc2C2=CCCC2(C)C)c1.COc1ccc(F)c(-c2ccc(COc3cccc([C@H](C)CC(=O)O)c3)cc2C2=CCCC2(C)C)c1. The van der Waals surface area contributed by atoms with Crippen LogP contribution in [-0.2, 0) is 47.2 Å². The molecule has 0 aliphatic heterocycles. The third-order valence-electron chi connectivity index (χ3n) is 23.1. The van der Waals surface area contributed by atoms with Crippen LogP contribution in [0.15, 0.2) is 224 Å². The highest BCUT2D eigenvalue weighted by Gasteiger charge is 2.34. The van der Waals surface area contributed by atoms with E-state index in [-0.39, 0.29) is 93.6 Å². The first-order valence-corrected chi connectivity index (χ1v) is 42.9. The van der Waals surface area contributed by atoms with Crippen molar-refractivity contribution in [3.63, 3.8) is 0 Å². The largest absolute Gasteiger partial charge is 0.508 e. The Kier molecular flexibility index (Phi) is 34.4. The topological polar surface area (TPSA) is 214 Å². The van der Waals surface area contributed by atoms with Gasteiger partial charge in [-0.15, -0.1) is 0 Å². The fourth-order valence-electron chi connectivity index (χ4n) is 15.8. The molecule has 0 saturated heterocycles. The van der Waals surface area contributed by atoms with Crippen LogP contribution in [0.2, 0.25) is 0 Å². The molecule has 0 radical (unpaired) electrons. The third-order valence-corrected chi connectivity index (χ3v) is 23.8. The van der Waals surface area contributed by atoms with E-state index >= 15 is 0 Å². The summed E-state index contributed by atoms with van der Waals surface area (Å²) in [7, 11) is 7.51. The second kappa shape index (κ2) is 44.5. The average Bonchev–Trinajstić information content (AvgIpc) is 1.44. The maximum Gasteiger partial charge on any atom is 0.306 e. The van der Waals surface area contributed by atoms with E-state index in [9.17, 15) is 42.6 Å². The minimum Gasteiger partial charge on any atom is -0.508 e. The molecule has 10 aromatic rings. The Balaban J connectivity index is 0.000000185. The molecule has 0 fully saturated rings. The zero-order valence-corrected chi connectivity index (χ0v) is 75.2. The first-order valence-electron chi connectivity index (χ1n) is 41.8. The summed E-state index contributed by atoms with van der Waals surface area (Å²) in [6.45, 7) is 21.8. The summed E-state index contributed by atoms with van der Waals surface area (Å²) in [5.74, 6) is 0.723. The summed E-state index contributed by atoms with van der Waals surface area (Å²) < 4.78 is 81.8. The Hall–Kier alpha value is -11.8. The number of esters is 2. The molecular formula is C105H116BrF3O15. The number of methoxy groups -OCH3 is 5. The highest BCUT2D eigenvalue weighted by molar-refractivity contribution is 9.08. The standard InChI is InChI=1S/2C31H33FO4.C21H22BrFO.2C11H14O3/c2*1-20(15-30(33)34)22-7-5-8-24(17-22)36-19-21-10-12-25(27-18-23(35-4)11-13-29(27)32)26(16-21)28-9-6-14-31(28,2)3;1-21(2)10-4-5-19(21)17-11-14(13-22)6-8-16(17)18-12-15(24-3)7-9-20(18)23;2*1-8(6-11(13)14-2)9-4-3-5-10(12)7-9/h2*5,7-13,16-18,20H,6,14-15,19H2,1-4H3,(H,33,34);5-9,11-12H,4,10,13H2,1-3H3;2*3-5,7-8,12H,6H2,1-2H3/t2*20-;;2*8-/m10.10/s1. The van der Waals surface area contributed by atoms with Crippen molar-refractivity contribution >= 4 is 56.5 Å². The molecule has 10 aromatic carbocycles. The van der Waals surface area contributed by atoms with Gasteiger partial charge in [-0.05, 0) is 283 Å². The number of phenols is 2. The zero-order valence-electron chi connectivity index (χ0n) is 73.7. The molecule has 13 rings (SSSR count). The smallest absolute Gasteiger partial charge is 0.306 e. The summed E-state index contributed by atoms with van der Waals surface area (Å²) in [6.07, 6.45) is 13.9. The lowest BCUT2D eigenvalue weighted by Gasteiger charge is -2.25. The molecule has 15 nitrogen and oxygen atoms in total. The maximum atomic E-state index is 15.0. The van der Waals surface area contributed by atoms with Gasteiger partial charge in [-0.25, -0.2) is 13.2 Å². The van der Waals surface area contributed by atoms with Gasteiger partial charge in [-0.3, -0.25) is 19.2 Å². The Morgan fingerprint density at radius 1 is 0.355 bits per heavy atom. The second-order valence-corrected chi connectivity index (χ2v) is 34.3. The van der Waals surface area contributed by atoms with E-state index in [4.69, 9.17) is 33.9 Å². The van der Waals surface area contributed by atoms with Gasteiger partial charge >= 0.3 is 23.9 Å². The molecule has 3 aliphatic rings. The average molecular weight is 1750 g/mol. The molecule has 0 bridgehead atoms. The predicted molar refractivity (Wildman–Crippen MR) is 490 cm³/mol. The molecule has 4 atom stereocenters. The van der Waals surface area contributed by atoms with Gasteiger partial charge in [0.2, 0.25) is 0 Å². The van der Waals surface area contributed by atoms with Crippen LogP contribution in [0.1, 0.15) is 213 Å². The zero-order chi connectivity index (χ0) is 90.2. The van der Waals surface area contributed by atoms with Gasteiger partial charge in [0.05, 0.1) is 61.2 Å². The Morgan fingerprint density at radius 2 is 0.653 bits per heavy atom. The number of hydrogen-bond donors (Lipinski definition) is 4. The number of carboxylic acid groups (broad SMARTS) is 2. The number of rotatable bonds is 28. The number of aromatic hydroxyl groups is 2. The van der Waals surface area contributed by atoms with Crippen LogP contribution in [-0.4, -0.2) is 79.9 Å². The lowest BCUT2D eigenvalue weighted by molar-refractivity contribution is -0.141. The van der Waals surface area contributed by atoms with E-state index in [1.807, 2.05) is 119 Å². The van der Waals surface area contributed by atoms with E-state index in [2.05, 4.69) is 109 Å². The predicted octanol–water partition coefficient (Wildman–Crippen LogP) is 26.4. The van der Waals surface area contributed by atoms with E-state index in [0.717, 1.165) is 111 Å². The lowest BCUT2D eigenvalue weighted by atomic mass is 9.79. The van der Waals surface area contributed by atoms with Gasteiger partial charge in [-0.2, -0.15) is 0 Å². The molecule has 0 amide bonds. The number of benzene rings is 10. The molecule has 4 N–H and O–H groups in total. The number of ether oxygens (including phenoxy) is 7. The number of phenolic OH excluding ortho intramolecular Hbond substituents is 2. The molecule has 0 unspecified atom stereocenters. The van der Waals surface area contributed by atoms with Crippen LogP contribution in [0.4, 0.5) is 13.2 Å². The summed E-state index contributed by atoms with van der Waals surface area (Å²) in [4.78, 5) is 44.2. The molecule has 124 heavy (non-hydrogen) atoms. The van der Waals surface area contributed by atoms with Crippen LogP contribution < -0.4 is 23.7 Å². The van der Waals surface area contributed by atoms with Crippen molar-refractivity contribution in [2.24, 2.45) is 16.2 Å². The van der Waals surface area contributed by atoms with Crippen molar-refractivity contribution in [2.75, 3.05) is 35.5 Å². The molecule has 0 aromatic heterocycles. The highest BCUT2D eigenvalue weighted by atomic mass is 79.9. The van der Waals surface area contributed by atoms with Crippen molar-refractivity contribution in [2.45, 2.75) is 176 Å². The number of alkyl halides is 1. The van der Waals surface area contributed by atoms with E-state index in [1.54, 1.807) is 94.1 Å². The monoisotopic (exact) mass is 1750 g/mol. The fourth-order valence-corrected chi connectivity index (χ4v) is 16.1. The lowest BCUT2D eigenvalue weighted by Crippen LogP contribution is -2.10. The Morgan fingerprint density at radius 3 is 0.935 bits per heavy atom. The van der Waals surface area contributed by atoms with Crippen molar-refractivity contribution in [3.8, 4) is 73.6 Å². The number of aliphatic carboxylic acids is 2. The third kappa shape index (κ3) is 26.4. The summed E-state index contributed by atoms with van der Waals surface area (Å²) in [5.41, 5.74) is 18.1. The van der Waals surface area contributed by atoms with Gasteiger partial charge in [-0.1, -0.05) is 194 Å². The fraction of sp³-hybridized carbons (Fsp3) is 0.333.